The summed E-state index contributed by atoms with van der Waals surface area (Å²) in [7, 11) is 0. The van der Waals surface area contributed by atoms with Gasteiger partial charge in [0.25, 0.3) is 0 Å². The van der Waals surface area contributed by atoms with Gasteiger partial charge in [0.05, 0.1) is 10.6 Å². The molecule has 1 aromatic carbocycles. The SMILES string of the molecule is CCN(CC)CCOC(=O)c1ccc(NC(C)=O)cc1Cl. The number of halogens is 1. The second kappa shape index (κ2) is 8.64. The minimum atomic E-state index is -0.457. The number of amides is 1. The number of hydrogen-bond acceptors (Lipinski definition) is 4. The molecular weight excluding hydrogens is 292 g/mol. The van der Waals surface area contributed by atoms with Crippen molar-refractivity contribution in [2.24, 2.45) is 0 Å². The number of esters is 1. The van der Waals surface area contributed by atoms with E-state index in [2.05, 4.69) is 24.1 Å². The van der Waals surface area contributed by atoms with Crippen LogP contribution in [-0.4, -0.2) is 43.0 Å². The third-order valence-corrected chi connectivity index (χ3v) is 3.36. The van der Waals surface area contributed by atoms with Gasteiger partial charge in [0.15, 0.2) is 0 Å². The number of hydrogen-bond donors (Lipinski definition) is 1. The van der Waals surface area contributed by atoms with Gasteiger partial charge in [-0.2, -0.15) is 0 Å². The smallest absolute Gasteiger partial charge is 0.339 e. The molecule has 6 heteroatoms. The summed E-state index contributed by atoms with van der Waals surface area (Å²) < 4.78 is 5.21. The highest BCUT2D eigenvalue weighted by Crippen LogP contribution is 2.21. The van der Waals surface area contributed by atoms with Crippen LogP contribution in [0.5, 0.6) is 0 Å². The van der Waals surface area contributed by atoms with Crippen molar-refractivity contribution in [1.29, 1.82) is 0 Å². The molecule has 0 spiro atoms. The predicted octanol–water partition coefficient (Wildman–Crippen LogP) is 2.80. The monoisotopic (exact) mass is 312 g/mol. The first-order chi connectivity index (χ1) is 9.97. The quantitative estimate of drug-likeness (QED) is 0.787. The fourth-order valence-corrected chi connectivity index (χ4v) is 2.10. The number of nitrogens with zero attached hydrogens (tertiary/aromatic N) is 1. The Balaban J connectivity index is 2.60. The number of carbonyl (C=O) groups excluding carboxylic acids is 2. The summed E-state index contributed by atoms with van der Waals surface area (Å²) >= 11 is 6.04. The number of ether oxygens (including phenoxy) is 1. The highest BCUT2D eigenvalue weighted by Gasteiger charge is 2.13. The van der Waals surface area contributed by atoms with Gasteiger partial charge >= 0.3 is 5.97 Å². The second-order valence-electron chi connectivity index (χ2n) is 4.54. The van der Waals surface area contributed by atoms with Crippen molar-refractivity contribution in [3.63, 3.8) is 0 Å². The molecule has 0 radical (unpaired) electrons. The Labute approximate surface area is 130 Å². The zero-order valence-corrected chi connectivity index (χ0v) is 13.4. The second-order valence-corrected chi connectivity index (χ2v) is 4.95. The van der Waals surface area contributed by atoms with E-state index in [9.17, 15) is 9.59 Å². The predicted molar refractivity (Wildman–Crippen MR) is 83.8 cm³/mol. The lowest BCUT2D eigenvalue weighted by atomic mass is 10.2. The van der Waals surface area contributed by atoms with Crippen LogP contribution in [-0.2, 0) is 9.53 Å². The van der Waals surface area contributed by atoms with Crippen molar-refractivity contribution >= 4 is 29.2 Å². The molecular formula is C15H21ClN2O3. The summed E-state index contributed by atoms with van der Waals surface area (Å²) in [5.41, 5.74) is 0.845. The van der Waals surface area contributed by atoms with Crippen LogP contribution in [0.1, 0.15) is 31.1 Å². The Hall–Kier alpha value is -1.59. The van der Waals surface area contributed by atoms with Gasteiger partial charge in [0.1, 0.15) is 6.61 Å². The van der Waals surface area contributed by atoms with Gasteiger partial charge < -0.3 is 15.0 Å². The molecule has 0 unspecified atom stereocenters. The summed E-state index contributed by atoms with van der Waals surface area (Å²) in [5.74, 6) is -0.651. The maximum atomic E-state index is 11.9. The Bertz CT molecular complexity index is 502. The fraction of sp³-hybridized carbons (Fsp3) is 0.467. The van der Waals surface area contributed by atoms with Gasteiger partial charge in [0, 0.05) is 19.2 Å². The molecule has 1 aromatic rings. The van der Waals surface area contributed by atoms with E-state index < -0.39 is 5.97 Å². The molecule has 0 heterocycles. The maximum absolute atomic E-state index is 11.9. The van der Waals surface area contributed by atoms with Crippen LogP contribution in [0.4, 0.5) is 5.69 Å². The number of anilines is 1. The lowest BCUT2D eigenvalue weighted by Crippen LogP contribution is -2.27. The Morgan fingerprint density at radius 2 is 1.95 bits per heavy atom. The molecule has 0 aliphatic heterocycles. The maximum Gasteiger partial charge on any atom is 0.339 e. The average molecular weight is 313 g/mol. The number of likely N-dealkylation sites (N-methyl/N-ethyl adjacent to an activating group) is 1. The van der Waals surface area contributed by atoms with E-state index in [-0.39, 0.29) is 10.9 Å². The first-order valence-corrected chi connectivity index (χ1v) is 7.32. The van der Waals surface area contributed by atoms with Crippen LogP contribution < -0.4 is 5.32 Å². The minimum absolute atomic E-state index is 0.194. The highest BCUT2D eigenvalue weighted by molar-refractivity contribution is 6.33. The molecule has 0 bridgehead atoms. The van der Waals surface area contributed by atoms with Crippen LogP contribution in [0.15, 0.2) is 18.2 Å². The van der Waals surface area contributed by atoms with Gasteiger partial charge in [-0.15, -0.1) is 0 Å². The summed E-state index contributed by atoms with van der Waals surface area (Å²) in [6.07, 6.45) is 0. The van der Waals surface area contributed by atoms with Gasteiger partial charge in [0.2, 0.25) is 5.91 Å². The van der Waals surface area contributed by atoms with Gasteiger partial charge in [-0.1, -0.05) is 25.4 Å². The molecule has 0 aliphatic rings. The van der Waals surface area contributed by atoms with E-state index in [1.165, 1.54) is 13.0 Å². The number of nitrogens with one attached hydrogen (secondary N) is 1. The summed E-state index contributed by atoms with van der Waals surface area (Å²) in [5, 5.41) is 2.86. The van der Waals surface area contributed by atoms with Crippen LogP contribution in [0.3, 0.4) is 0 Å². The molecule has 5 nitrogen and oxygen atoms in total. The van der Waals surface area contributed by atoms with E-state index in [4.69, 9.17) is 16.3 Å². The van der Waals surface area contributed by atoms with E-state index in [1.54, 1.807) is 12.1 Å². The third kappa shape index (κ3) is 5.73. The lowest BCUT2D eigenvalue weighted by molar-refractivity contribution is -0.114. The molecule has 0 fully saturated rings. The number of carbonyl (C=O) groups is 2. The Morgan fingerprint density at radius 1 is 1.29 bits per heavy atom. The Morgan fingerprint density at radius 3 is 2.48 bits per heavy atom. The average Bonchev–Trinajstić information content (AvgIpc) is 2.43. The van der Waals surface area contributed by atoms with E-state index in [0.29, 0.717) is 24.4 Å². The Kier molecular flexibility index (Phi) is 7.19. The molecule has 0 aliphatic carbocycles. The molecule has 21 heavy (non-hydrogen) atoms. The lowest BCUT2D eigenvalue weighted by Gasteiger charge is -2.17. The third-order valence-electron chi connectivity index (χ3n) is 3.04. The number of benzene rings is 1. The van der Waals surface area contributed by atoms with Gasteiger partial charge in [-0.3, -0.25) is 4.79 Å². The van der Waals surface area contributed by atoms with Gasteiger partial charge in [-0.25, -0.2) is 4.79 Å². The zero-order chi connectivity index (χ0) is 15.8. The van der Waals surface area contributed by atoms with Crippen LogP contribution >= 0.6 is 11.6 Å². The molecule has 116 valence electrons. The molecule has 0 saturated heterocycles. The molecule has 1 rings (SSSR count). The summed E-state index contributed by atoms with van der Waals surface area (Å²) in [6, 6.07) is 4.70. The van der Waals surface area contributed by atoms with Crippen LogP contribution in [0.25, 0.3) is 0 Å². The van der Waals surface area contributed by atoms with Crippen LogP contribution in [0.2, 0.25) is 5.02 Å². The fourth-order valence-electron chi connectivity index (χ4n) is 1.85. The topological polar surface area (TPSA) is 58.6 Å². The normalized spacial score (nSPS) is 10.5. The summed E-state index contributed by atoms with van der Waals surface area (Å²) in [6.45, 7) is 8.38. The highest BCUT2D eigenvalue weighted by atomic mass is 35.5. The van der Waals surface area contributed by atoms with Gasteiger partial charge in [-0.05, 0) is 31.3 Å². The first-order valence-electron chi connectivity index (χ1n) is 6.94. The van der Waals surface area contributed by atoms with Crippen molar-refractivity contribution in [3.8, 4) is 0 Å². The molecule has 1 N–H and O–H groups in total. The largest absolute Gasteiger partial charge is 0.461 e. The van der Waals surface area contributed by atoms with Crippen molar-refractivity contribution in [2.75, 3.05) is 31.6 Å². The zero-order valence-electron chi connectivity index (χ0n) is 12.6. The molecule has 1 amide bonds. The standard InChI is InChI=1S/C15H21ClN2O3/c1-4-18(5-2)8-9-21-15(20)13-7-6-12(10-14(13)16)17-11(3)19/h6-7,10H,4-5,8-9H2,1-3H3,(H,17,19). The van der Waals surface area contributed by atoms with Crippen molar-refractivity contribution in [2.45, 2.75) is 20.8 Å². The van der Waals surface area contributed by atoms with E-state index in [0.717, 1.165) is 13.1 Å². The van der Waals surface area contributed by atoms with E-state index >= 15 is 0 Å². The molecule has 0 atom stereocenters. The van der Waals surface area contributed by atoms with Crippen LogP contribution in [0, 0.1) is 0 Å². The van der Waals surface area contributed by atoms with Crippen molar-refractivity contribution in [3.05, 3.63) is 28.8 Å². The van der Waals surface area contributed by atoms with Crippen molar-refractivity contribution < 1.29 is 14.3 Å². The first kappa shape index (κ1) is 17.5. The van der Waals surface area contributed by atoms with Crippen molar-refractivity contribution in [1.82, 2.24) is 4.90 Å². The summed E-state index contributed by atoms with van der Waals surface area (Å²) in [4.78, 5) is 25.1. The molecule has 0 saturated carbocycles. The van der Waals surface area contributed by atoms with E-state index in [1.807, 2.05) is 0 Å². The minimum Gasteiger partial charge on any atom is -0.461 e. The molecule has 0 aromatic heterocycles. The number of rotatable bonds is 7.